The predicted molar refractivity (Wildman–Crippen MR) is 56.8 cm³/mol. The average Bonchev–Trinajstić information content (AvgIpc) is 2.18. The first-order valence-corrected chi connectivity index (χ1v) is 5.64. The molecule has 86 valence electrons. The van der Waals surface area contributed by atoms with Gasteiger partial charge in [0.1, 0.15) is 5.78 Å². The Balaban J connectivity index is 2.49. The first kappa shape index (κ1) is 12.0. The third-order valence-electron chi connectivity index (χ3n) is 3.03. The van der Waals surface area contributed by atoms with Gasteiger partial charge < -0.3 is 10.4 Å². The van der Waals surface area contributed by atoms with Gasteiger partial charge in [-0.3, -0.25) is 4.79 Å². The standard InChI is InChI=1S/C11H19NO3/c1-2-3-4-8-7-9(13)5-6-10(8)12-11(14)15/h8,10,12H,2-7H2,1H3,(H,14,15). The summed E-state index contributed by atoms with van der Waals surface area (Å²) >= 11 is 0. The van der Waals surface area contributed by atoms with Crippen LogP contribution in [0.2, 0.25) is 0 Å². The molecule has 0 spiro atoms. The van der Waals surface area contributed by atoms with Crippen LogP contribution in [0.1, 0.15) is 45.4 Å². The Morgan fingerprint density at radius 3 is 2.93 bits per heavy atom. The first-order valence-electron chi connectivity index (χ1n) is 5.64. The molecule has 1 saturated carbocycles. The fourth-order valence-electron chi connectivity index (χ4n) is 2.21. The molecule has 0 heterocycles. The van der Waals surface area contributed by atoms with Crippen molar-refractivity contribution in [3.63, 3.8) is 0 Å². The van der Waals surface area contributed by atoms with Gasteiger partial charge in [-0.05, 0) is 18.8 Å². The minimum atomic E-state index is -0.976. The Morgan fingerprint density at radius 2 is 2.33 bits per heavy atom. The van der Waals surface area contributed by atoms with Crippen molar-refractivity contribution in [2.24, 2.45) is 5.92 Å². The van der Waals surface area contributed by atoms with Crippen LogP contribution in [-0.2, 0) is 4.79 Å². The van der Waals surface area contributed by atoms with Gasteiger partial charge in [0.2, 0.25) is 0 Å². The second-order valence-corrected chi connectivity index (χ2v) is 4.24. The molecule has 1 fully saturated rings. The summed E-state index contributed by atoms with van der Waals surface area (Å²) in [5, 5.41) is 11.2. The summed E-state index contributed by atoms with van der Waals surface area (Å²) in [6.45, 7) is 2.10. The van der Waals surface area contributed by atoms with Crippen molar-refractivity contribution in [1.82, 2.24) is 5.32 Å². The number of carbonyl (C=O) groups is 2. The van der Waals surface area contributed by atoms with Crippen molar-refractivity contribution in [2.45, 2.75) is 51.5 Å². The zero-order valence-electron chi connectivity index (χ0n) is 9.16. The molecule has 2 atom stereocenters. The summed E-state index contributed by atoms with van der Waals surface area (Å²) in [6.07, 6.45) is 3.86. The largest absolute Gasteiger partial charge is 0.465 e. The van der Waals surface area contributed by atoms with Gasteiger partial charge in [0.15, 0.2) is 0 Å². The highest BCUT2D eigenvalue weighted by atomic mass is 16.4. The van der Waals surface area contributed by atoms with Crippen molar-refractivity contribution in [3.05, 3.63) is 0 Å². The predicted octanol–water partition coefficient (Wildman–Crippen LogP) is 2.18. The Kier molecular flexibility index (Phi) is 4.59. The number of ketones is 1. The van der Waals surface area contributed by atoms with Crippen molar-refractivity contribution in [2.75, 3.05) is 0 Å². The first-order chi connectivity index (χ1) is 7.13. The Labute approximate surface area is 90.0 Å². The molecule has 0 aromatic rings. The van der Waals surface area contributed by atoms with Gasteiger partial charge in [0, 0.05) is 18.9 Å². The molecule has 0 radical (unpaired) electrons. The zero-order chi connectivity index (χ0) is 11.3. The molecule has 2 N–H and O–H groups in total. The molecule has 0 aromatic carbocycles. The lowest BCUT2D eigenvalue weighted by Crippen LogP contribution is -2.43. The van der Waals surface area contributed by atoms with Crippen molar-refractivity contribution >= 4 is 11.9 Å². The molecule has 0 bridgehead atoms. The lowest BCUT2D eigenvalue weighted by atomic mass is 9.81. The lowest BCUT2D eigenvalue weighted by Gasteiger charge is -2.30. The van der Waals surface area contributed by atoms with E-state index in [0.29, 0.717) is 19.3 Å². The number of hydrogen-bond donors (Lipinski definition) is 2. The molecule has 1 amide bonds. The number of amides is 1. The summed E-state index contributed by atoms with van der Waals surface area (Å²) < 4.78 is 0. The molecular formula is C11H19NO3. The molecule has 1 aliphatic rings. The van der Waals surface area contributed by atoms with Crippen LogP contribution in [0.3, 0.4) is 0 Å². The molecule has 1 aliphatic carbocycles. The highest BCUT2D eigenvalue weighted by molar-refractivity contribution is 5.80. The second kappa shape index (κ2) is 5.73. The molecule has 1 rings (SSSR count). The number of Topliss-reactive ketones (excluding diaryl/α,β-unsaturated/α-hetero) is 1. The highest BCUT2D eigenvalue weighted by Gasteiger charge is 2.29. The number of unbranched alkanes of at least 4 members (excludes halogenated alkanes) is 1. The van der Waals surface area contributed by atoms with Gasteiger partial charge in [-0.25, -0.2) is 4.79 Å². The lowest BCUT2D eigenvalue weighted by molar-refractivity contribution is -0.122. The minimum Gasteiger partial charge on any atom is -0.465 e. The van der Waals surface area contributed by atoms with Gasteiger partial charge in [-0.1, -0.05) is 19.8 Å². The number of carboxylic acid groups (broad SMARTS) is 1. The van der Waals surface area contributed by atoms with Crippen LogP contribution in [0.15, 0.2) is 0 Å². The van der Waals surface area contributed by atoms with Gasteiger partial charge in [-0.2, -0.15) is 0 Å². The van der Waals surface area contributed by atoms with E-state index in [1.807, 2.05) is 0 Å². The zero-order valence-corrected chi connectivity index (χ0v) is 9.16. The maximum Gasteiger partial charge on any atom is 0.404 e. The Bertz CT molecular complexity index is 240. The van der Waals surface area contributed by atoms with Crippen LogP contribution in [0.5, 0.6) is 0 Å². The molecule has 0 aromatic heterocycles. The topological polar surface area (TPSA) is 66.4 Å². The van der Waals surface area contributed by atoms with Crippen LogP contribution in [0.25, 0.3) is 0 Å². The van der Waals surface area contributed by atoms with Crippen LogP contribution in [0.4, 0.5) is 4.79 Å². The van der Waals surface area contributed by atoms with Gasteiger partial charge in [0.05, 0.1) is 0 Å². The normalized spacial score (nSPS) is 26.3. The Hall–Kier alpha value is -1.06. The fourth-order valence-corrected chi connectivity index (χ4v) is 2.21. The van der Waals surface area contributed by atoms with Gasteiger partial charge in [0.25, 0.3) is 0 Å². The molecule has 2 unspecified atom stereocenters. The molecule has 15 heavy (non-hydrogen) atoms. The van der Waals surface area contributed by atoms with Gasteiger partial charge >= 0.3 is 6.09 Å². The van der Waals surface area contributed by atoms with Crippen molar-refractivity contribution in [1.29, 1.82) is 0 Å². The van der Waals surface area contributed by atoms with E-state index in [1.54, 1.807) is 0 Å². The monoisotopic (exact) mass is 213 g/mol. The summed E-state index contributed by atoms with van der Waals surface area (Å²) in [7, 11) is 0. The van der Waals surface area contributed by atoms with Crippen molar-refractivity contribution in [3.8, 4) is 0 Å². The molecular weight excluding hydrogens is 194 g/mol. The smallest absolute Gasteiger partial charge is 0.404 e. The highest BCUT2D eigenvalue weighted by Crippen LogP contribution is 2.26. The van der Waals surface area contributed by atoms with Crippen LogP contribution in [-0.4, -0.2) is 23.0 Å². The maximum absolute atomic E-state index is 11.3. The van der Waals surface area contributed by atoms with Crippen molar-refractivity contribution < 1.29 is 14.7 Å². The molecule has 4 nitrogen and oxygen atoms in total. The number of rotatable bonds is 4. The average molecular weight is 213 g/mol. The summed E-state index contributed by atoms with van der Waals surface area (Å²) in [5.41, 5.74) is 0. The van der Waals surface area contributed by atoms with Crippen LogP contribution >= 0.6 is 0 Å². The van der Waals surface area contributed by atoms with Crippen LogP contribution in [0, 0.1) is 5.92 Å². The van der Waals surface area contributed by atoms with Gasteiger partial charge in [-0.15, -0.1) is 0 Å². The number of hydrogen-bond acceptors (Lipinski definition) is 2. The third kappa shape index (κ3) is 3.90. The van der Waals surface area contributed by atoms with E-state index in [1.165, 1.54) is 0 Å². The summed E-state index contributed by atoms with van der Waals surface area (Å²) in [6, 6.07) is -0.0215. The van der Waals surface area contributed by atoms with E-state index in [-0.39, 0.29) is 17.7 Å². The number of carbonyl (C=O) groups excluding carboxylic acids is 1. The molecule has 0 aliphatic heterocycles. The summed E-state index contributed by atoms with van der Waals surface area (Å²) in [5.74, 6) is 0.488. The van der Waals surface area contributed by atoms with E-state index in [4.69, 9.17) is 5.11 Å². The fraction of sp³-hybridized carbons (Fsp3) is 0.818. The SMILES string of the molecule is CCCCC1CC(=O)CCC1NC(=O)O. The number of nitrogens with one attached hydrogen (secondary N) is 1. The van der Waals surface area contributed by atoms with E-state index in [2.05, 4.69) is 12.2 Å². The third-order valence-corrected chi connectivity index (χ3v) is 3.03. The van der Waals surface area contributed by atoms with E-state index in [9.17, 15) is 9.59 Å². The molecule has 0 saturated heterocycles. The quantitative estimate of drug-likeness (QED) is 0.752. The van der Waals surface area contributed by atoms with E-state index >= 15 is 0 Å². The van der Waals surface area contributed by atoms with E-state index < -0.39 is 6.09 Å². The van der Waals surface area contributed by atoms with E-state index in [0.717, 1.165) is 19.3 Å². The minimum absolute atomic E-state index is 0.0215. The van der Waals surface area contributed by atoms with Crippen LogP contribution < -0.4 is 5.32 Å². The maximum atomic E-state index is 11.3. The Morgan fingerprint density at radius 1 is 1.60 bits per heavy atom. The molecule has 4 heteroatoms. The second-order valence-electron chi connectivity index (χ2n) is 4.24. The summed E-state index contributed by atoms with van der Waals surface area (Å²) in [4.78, 5) is 21.9.